The van der Waals surface area contributed by atoms with Crippen LogP contribution < -0.4 is 0 Å². The van der Waals surface area contributed by atoms with Crippen LogP contribution in [0, 0.1) is 0 Å². The van der Waals surface area contributed by atoms with Crippen LogP contribution in [0.4, 0.5) is 0 Å². The van der Waals surface area contributed by atoms with Gasteiger partial charge in [-0.15, -0.1) is 0 Å². The average molecular weight is 317 g/mol. The Morgan fingerprint density at radius 2 is 3.00 bits per heavy atom. The van der Waals surface area contributed by atoms with Gasteiger partial charge in [0.1, 0.15) is 0 Å². The van der Waals surface area contributed by atoms with Crippen molar-refractivity contribution in [3.8, 4) is 0 Å². The zero-order valence-electron chi connectivity index (χ0n) is 10.2. The van der Waals surface area contributed by atoms with Crippen molar-refractivity contribution in [3.05, 3.63) is 0 Å². The standard InChI is InChI=1S/Ge4H10/c1-3-4-2/h3-4H2,1-2H3/i1T,2T3,3T2,4T2. The van der Waals surface area contributed by atoms with E-state index in [1.807, 2.05) is 0 Å². The van der Waals surface area contributed by atoms with E-state index in [9.17, 15) is 0 Å². The van der Waals surface area contributed by atoms with Crippen LogP contribution in [0.3, 0.4) is 0 Å². The Kier molecular flexibility index (Phi) is 1.23. The molecule has 0 rings (SSSR count). The minimum atomic E-state index is -4.63. The van der Waals surface area contributed by atoms with E-state index in [1.165, 1.54) is 0 Å². The Bertz CT molecular complexity index is 155. The molecular weight excluding hydrogens is 290 g/mol. The average Bonchev–Trinajstić information content (AvgIpc) is 1.85. The van der Waals surface area contributed by atoms with Gasteiger partial charge in [-0.25, -0.2) is 0 Å². The van der Waals surface area contributed by atoms with Crippen molar-refractivity contribution in [3.63, 3.8) is 0 Å². The third-order valence-corrected chi connectivity index (χ3v) is 64.4. The number of hydrogen-bond donors (Lipinski definition) is 0. The molecule has 0 heterocycles. The summed E-state index contributed by atoms with van der Waals surface area (Å²) in [4.78, 5) is 0. The summed E-state index contributed by atoms with van der Waals surface area (Å²) in [5, 5.41) is 0. The van der Waals surface area contributed by atoms with Gasteiger partial charge in [0.05, 0.1) is 0 Å². The van der Waals surface area contributed by atoms with Crippen LogP contribution in [0.15, 0.2) is 0 Å². The first-order valence-electron chi connectivity index (χ1n) is 5.06. The van der Waals surface area contributed by atoms with Crippen molar-refractivity contribution in [1.29, 1.82) is 7.42 Å². The molecule has 0 aliphatic carbocycles. The van der Waals surface area contributed by atoms with Crippen LogP contribution in [0.5, 0.6) is 0 Å². The van der Waals surface area contributed by atoms with Gasteiger partial charge in [0.25, 0.3) is 0 Å². The molecule has 0 N–H and O–H groups in total. The third kappa shape index (κ3) is 4.17. The second-order valence-electron chi connectivity index (χ2n) is 0.302. The van der Waals surface area contributed by atoms with E-state index >= 15 is 0 Å². The van der Waals surface area contributed by atoms with Gasteiger partial charge >= 0.3 is 58.4 Å². The van der Waals surface area contributed by atoms with Gasteiger partial charge in [0.2, 0.25) is 0 Å². The molecule has 0 atom stereocenters. The molecule has 0 aromatic heterocycles. The first-order chi connectivity index (χ1) is 5.06. The molecule has 0 aromatic rings. The van der Waals surface area contributed by atoms with Gasteiger partial charge in [0, 0.05) is 0 Å². The van der Waals surface area contributed by atoms with Crippen molar-refractivity contribution < 1.29 is 0 Å². The van der Waals surface area contributed by atoms with Gasteiger partial charge in [-0.05, 0) is 0 Å². The SMILES string of the molecule is [3H][GeH2][Ge]([3H])([3H])[Ge]([3H])([3H])[Ge]([3H])([3H])[3H]. The monoisotopic (exact) mass is 322 g/mol. The molecule has 0 aliphatic heterocycles. The predicted molar refractivity (Wildman–Crippen MR) is 37.0 cm³/mol. The Morgan fingerprint density at radius 1 is 2.00 bits per heavy atom. The van der Waals surface area contributed by atoms with Crippen LogP contribution in [-0.2, 0) is 0 Å². The fraction of sp³-hybridized carbons (Fsp3) is 0. The predicted octanol–water partition coefficient (Wildman–Crippen LogP) is -4.20. The van der Waals surface area contributed by atoms with Gasteiger partial charge in [-0.2, -0.15) is 0 Å². The molecule has 4 heavy (non-hydrogen) atoms. The minimum absolute atomic E-state index is 2.19. The summed E-state index contributed by atoms with van der Waals surface area (Å²) in [6, 6.07) is 0. The van der Waals surface area contributed by atoms with Crippen LogP contribution in [-0.4, -0.2) is 58.4 Å². The summed E-state index contributed by atoms with van der Waals surface area (Å²) in [6.07, 6.45) is 0. The second-order valence-corrected chi connectivity index (χ2v) is 42.3. The molecule has 0 fully saturated rings. The Morgan fingerprint density at radius 3 is 3.25 bits per heavy atom. The fourth-order valence-electron chi connectivity index (χ4n) is 0. The molecule has 0 amide bonds. The first kappa shape index (κ1) is 0.951. The number of rotatable bonds is 3. The molecule has 4 heteroatoms. The molecular formula is H10Ge4. The van der Waals surface area contributed by atoms with Gasteiger partial charge in [0.15, 0.2) is 0 Å². The van der Waals surface area contributed by atoms with Crippen molar-refractivity contribution in [2.75, 3.05) is 0 Å². The molecule has 0 saturated carbocycles. The van der Waals surface area contributed by atoms with Crippen LogP contribution in [0.1, 0.15) is 0 Å². The van der Waals surface area contributed by atoms with E-state index in [0.29, 0.717) is 0 Å². The van der Waals surface area contributed by atoms with Gasteiger partial charge < -0.3 is 0 Å². The normalized spacial score (nSPS) is 50.0. The van der Waals surface area contributed by atoms with E-state index in [0.717, 1.165) is 0 Å². The molecule has 0 spiro atoms. The molecule has 0 bridgehead atoms. The van der Waals surface area contributed by atoms with E-state index < -0.39 is 51.0 Å². The van der Waals surface area contributed by atoms with Crippen LogP contribution in [0.25, 0.3) is 0 Å². The molecule has 0 aromatic carbocycles. The summed E-state index contributed by atoms with van der Waals surface area (Å²) in [6.45, 7) is 0. The zero-order chi connectivity index (χ0) is 10.2. The van der Waals surface area contributed by atoms with E-state index in [2.05, 4.69) is 0 Å². The summed E-state index contributed by atoms with van der Waals surface area (Å²) < 4.78 is 57.8. The molecule has 0 radical (unpaired) electrons. The quantitative estimate of drug-likeness (QED) is 0.463. The van der Waals surface area contributed by atoms with Crippen molar-refractivity contribution >= 4 is 51.0 Å². The maximum atomic E-state index is 7.39. The summed E-state index contributed by atoms with van der Waals surface area (Å²) in [5.41, 5.74) is 0. The molecule has 0 aliphatic rings. The summed E-state index contributed by atoms with van der Waals surface area (Å²) in [7, 11) is 0. The molecule has 0 unspecified atom stereocenters. The Balaban J connectivity index is 4.85. The zero-order valence-corrected chi connectivity index (χ0v) is 11.5. The fourth-order valence-corrected chi connectivity index (χ4v) is 0. The third-order valence-electron chi connectivity index (χ3n) is 0.0884. The molecule has 0 nitrogen and oxygen atoms in total. The molecule has 0 saturated heterocycles. The van der Waals surface area contributed by atoms with Gasteiger partial charge in [-0.1, -0.05) is 0 Å². The summed E-state index contributed by atoms with van der Waals surface area (Å²) in [5.74, 6) is 0. The van der Waals surface area contributed by atoms with Crippen molar-refractivity contribution in [2.45, 2.75) is 0 Å². The molecule has 26 valence electrons. The Hall–Kier alpha value is 2.17. The van der Waals surface area contributed by atoms with Crippen LogP contribution in [0.2, 0.25) is 0 Å². The van der Waals surface area contributed by atoms with E-state index in [-0.39, 0.29) is 0 Å². The second kappa shape index (κ2) is 5.17. The van der Waals surface area contributed by atoms with Crippen LogP contribution >= 0.6 is 0 Å². The Labute approximate surface area is 58.2 Å². The van der Waals surface area contributed by atoms with Crippen molar-refractivity contribution in [1.82, 2.24) is 0 Å². The topological polar surface area (TPSA) is 0 Å². The van der Waals surface area contributed by atoms with Crippen molar-refractivity contribution in [2.24, 2.45) is 0 Å². The number of hydrogen-bond acceptors (Lipinski definition) is 0. The first-order valence-corrected chi connectivity index (χ1v) is 23.0. The van der Waals surface area contributed by atoms with E-state index in [4.69, 9.17) is 7.42 Å². The summed E-state index contributed by atoms with van der Waals surface area (Å²) >= 11 is -15.5. The van der Waals surface area contributed by atoms with E-state index in [1.54, 1.807) is 0 Å². The van der Waals surface area contributed by atoms with Gasteiger partial charge in [-0.3, -0.25) is 0 Å². The maximum absolute atomic E-state index is 7.39.